The lowest BCUT2D eigenvalue weighted by Crippen LogP contribution is -2.34. The van der Waals surface area contributed by atoms with E-state index in [1.54, 1.807) is 0 Å². The van der Waals surface area contributed by atoms with E-state index in [4.69, 9.17) is 10.2 Å². The Labute approximate surface area is 102 Å². The normalized spacial score (nSPS) is 16.9. The van der Waals surface area contributed by atoms with Crippen molar-refractivity contribution in [3.63, 3.8) is 0 Å². The summed E-state index contributed by atoms with van der Waals surface area (Å²) in [4.78, 5) is 12.1. The van der Waals surface area contributed by atoms with E-state index in [0.717, 1.165) is 24.2 Å². The van der Waals surface area contributed by atoms with Crippen LogP contribution < -0.4 is 11.1 Å². The molecular formula is C13H20N2O2. The molecule has 2 rings (SSSR count). The Morgan fingerprint density at radius 2 is 2.00 bits per heavy atom. The molecule has 4 heteroatoms. The number of carbonyl (C=O) groups is 1. The highest BCUT2D eigenvalue weighted by Gasteiger charge is 2.41. The van der Waals surface area contributed by atoms with Gasteiger partial charge in [0.1, 0.15) is 11.5 Å². The molecule has 1 aromatic heterocycles. The highest BCUT2D eigenvalue weighted by Crippen LogP contribution is 2.43. The number of hydrogen-bond donors (Lipinski definition) is 2. The fourth-order valence-corrected chi connectivity index (χ4v) is 2.11. The van der Waals surface area contributed by atoms with Crippen LogP contribution in [-0.2, 0) is 0 Å². The zero-order chi connectivity index (χ0) is 12.6. The molecule has 4 nitrogen and oxygen atoms in total. The number of nitrogens with one attached hydrogen (secondary N) is 1. The maximum absolute atomic E-state index is 12.1. The van der Waals surface area contributed by atoms with Crippen molar-refractivity contribution in [1.82, 2.24) is 5.32 Å². The van der Waals surface area contributed by atoms with E-state index in [9.17, 15) is 4.79 Å². The molecule has 1 aromatic rings. The zero-order valence-corrected chi connectivity index (χ0v) is 10.7. The van der Waals surface area contributed by atoms with Crippen molar-refractivity contribution < 1.29 is 9.21 Å². The first-order valence-corrected chi connectivity index (χ1v) is 6.04. The molecule has 0 spiro atoms. The number of furan rings is 1. The number of rotatable bonds is 4. The fraction of sp³-hybridized carbons (Fsp3) is 0.615. The molecule has 1 amide bonds. The van der Waals surface area contributed by atoms with Crippen molar-refractivity contribution in [2.45, 2.75) is 33.6 Å². The number of aryl methyl sites for hydroxylation is 2. The molecule has 0 atom stereocenters. The van der Waals surface area contributed by atoms with Gasteiger partial charge in [-0.3, -0.25) is 4.79 Å². The van der Waals surface area contributed by atoms with E-state index in [2.05, 4.69) is 5.32 Å². The molecule has 1 saturated carbocycles. The maximum atomic E-state index is 12.1. The number of nitrogens with two attached hydrogens (primary N) is 1. The molecular weight excluding hydrogens is 216 g/mol. The van der Waals surface area contributed by atoms with Crippen LogP contribution in [0.15, 0.2) is 4.42 Å². The van der Waals surface area contributed by atoms with Crippen molar-refractivity contribution in [3.05, 3.63) is 22.6 Å². The first-order chi connectivity index (χ1) is 7.99. The molecule has 0 unspecified atom stereocenters. The highest BCUT2D eigenvalue weighted by atomic mass is 16.3. The topological polar surface area (TPSA) is 68.3 Å². The largest absolute Gasteiger partial charge is 0.466 e. The van der Waals surface area contributed by atoms with E-state index < -0.39 is 0 Å². The molecule has 0 radical (unpaired) electrons. The fourth-order valence-electron chi connectivity index (χ4n) is 2.11. The van der Waals surface area contributed by atoms with Crippen LogP contribution in [0.2, 0.25) is 0 Å². The maximum Gasteiger partial charge on any atom is 0.255 e. The van der Waals surface area contributed by atoms with Crippen LogP contribution in [-0.4, -0.2) is 19.0 Å². The summed E-state index contributed by atoms with van der Waals surface area (Å²) in [5, 5.41) is 2.97. The third-order valence-electron chi connectivity index (χ3n) is 3.80. The number of hydrogen-bond acceptors (Lipinski definition) is 3. The van der Waals surface area contributed by atoms with Gasteiger partial charge in [0.15, 0.2) is 0 Å². The second-order valence-corrected chi connectivity index (χ2v) is 5.10. The van der Waals surface area contributed by atoms with Gasteiger partial charge in [0.2, 0.25) is 0 Å². The molecule has 1 aliphatic carbocycles. The van der Waals surface area contributed by atoms with Gasteiger partial charge in [0.25, 0.3) is 5.91 Å². The zero-order valence-electron chi connectivity index (χ0n) is 10.7. The van der Waals surface area contributed by atoms with Gasteiger partial charge < -0.3 is 15.5 Å². The SMILES string of the molecule is Cc1oc(C)c(C(=O)NCC2(CN)CC2)c1C. The van der Waals surface area contributed by atoms with Gasteiger partial charge in [-0.25, -0.2) is 0 Å². The Kier molecular flexibility index (Phi) is 3.00. The van der Waals surface area contributed by atoms with Crippen LogP contribution >= 0.6 is 0 Å². The summed E-state index contributed by atoms with van der Waals surface area (Å²) in [6.07, 6.45) is 2.23. The van der Waals surface area contributed by atoms with Crippen LogP contribution in [0.5, 0.6) is 0 Å². The number of carbonyl (C=O) groups excluding carboxylic acids is 1. The van der Waals surface area contributed by atoms with E-state index in [1.807, 2.05) is 20.8 Å². The predicted molar refractivity (Wildman–Crippen MR) is 66.0 cm³/mol. The average molecular weight is 236 g/mol. The smallest absolute Gasteiger partial charge is 0.255 e. The van der Waals surface area contributed by atoms with Crippen molar-refractivity contribution in [3.8, 4) is 0 Å². The van der Waals surface area contributed by atoms with Gasteiger partial charge >= 0.3 is 0 Å². The molecule has 0 aromatic carbocycles. The number of amides is 1. The highest BCUT2D eigenvalue weighted by molar-refractivity contribution is 5.96. The second kappa shape index (κ2) is 4.18. The summed E-state index contributed by atoms with van der Waals surface area (Å²) in [7, 11) is 0. The Bertz CT molecular complexity index is 445. The summed E-state index contributed by atoms with van der Waals surface area (Å²) >= 11 is 0. The Morgan fingerprint density at radius 3 is 2.41 bits per heavy atom. The summed E-state index contributed by atoms with van der Waals surface area (Å²) in [5.74, 6) is 1.46. The Hall–Kier alpha value is -1.29. The summed E-state index contributed by atoms with van der Waals surface area (Å²) < 4.78 is 5.45. The standard InChI is InChI=1S/C13H20N2O2/c1-8-9(2)17-10(3)11(8)12(16)15-7-13(6-14)4-5-13/h4-7,14H2,1-3H3,(H,15,16). The molecule has 3 N–H and O–H groups in total. The van der Waals surface area contributed by atoms with E-state index in [-0.39, 0.29) is 11.3 Å². The van der Waals surface area contributed by atoms with Crippen LogP contribution in [0.25, 0.3) is 0 Å². The minimum absolute atomic E-state index is 0.0448. The summed E-state index contributed by atoms with van der Waals surface area (Å²) in [5.41, 5.74) is 7.46. The van der Waals surface area contributed by atoms with Gasteiger partial charge in [-0.2, -0.15) is 0 Å². The van der Waals surface area contributed by atoms with Crippen LogP contribution in [0, 0.1) is 26.2 Å². The van der Waals surface area contributed by atoms with Crippen LogP contribution in [0.1, 0.15) is 40.3 Å². The van der Waals surface area contributed by atoms with Crippen molar-refractivity contribution in [2.24, 2.45) is 11.1 Å². The molecule has 1 heterocycles. The minimum atomic E-state index is -0.0448. The van der Waals surface area contributed by atoms with Crippen LogP contribution in [0.4, 0.5) is 0 Å². The molecule has 1 fully saturated rings. The van der Waals surface area contributed by atoms with Gasteiger partial charge in [0.05, 0.1) is 5.56 Å². The van der Waals surface area contributed by atoms with Gasteiger partial charge in [-0.05, 0) is 40.2 Å². The van der Waals surface area contributed by atoms with Gasteiger partial charge in [-0.1, -0.05) is 0 Å². The Balaban J connectivity index is 2.05. The lowest BCUT2D eigenvalue weighted by Gasteiger charge is -2.13. The van der Waals surface area contributed by atoms with Crippen LogP contribution in [0.3, 0.4) is 0 Å². The molecule has 17 heavy (non-hydrogen) atoms. The minimum Gasteiger partial charge on any atom is -0.466 e. The molecule has 0 saturated heterocycles. The average Bonchev–Trinajstić information content (AvgIpc) is 3.02. The monoisotopic (exact) mass is 236 g/mol. The molecule has 0 bridgehead atoms. The Morgan fingerprint density at radius 1 is 1.35 bits per heavy atom. The van der Waals surface area contributed by atoms with Gasteiger partial charge in [0, 0.05) is 17.5 Å². The second-order valence-electron chi connectivity index (χ2n) is 5.10. The predicted octanol–water partition coefficient (Wildman–Crippen LogP) is 1.67. The third kappa shape index (κ3) is 2.22. The molecule has 0 aliphatic heterocycles. The summed E-state index contributed by atoms with van der Waals surface area (Å²) in [6, 6.07) is 0. The summed E-state index contributed by atoms with van der Waals surface area (Å²) in [6.45, 7) is 6.93. The molecule has 94 valence electrons. The van der Waals surface area contributed by atoms with Gasteiger partial charge in [-0.15, -0.1) is 0 Å². The first kappa shape index (κ1) is 12.2. The van der Waals surface area contributed by atoms with E-state index in [1.165, 1.54) is 0 Å². The van der Waals surface area contributed by atoms with E-state index >= 15 is 0 Å². The van der Waals surface area contributed by atoms with Crippen molar-refractivity contribution >= 4 is 5.91 Å². The molecule has 1 aliphatic rings. The first-order valence-electron chi connectivity index (χ1n) is 6.04. The quantitative estimate of drug-likeness (QED) is 0.835. The van der Waals surface area contributed by atoms with Crippen molar-refractivity contribution in [2.75, 3.05) is 13.1 Å². The lowest BCUT2D eigenvalue weighted by molar-refractivity contribution is 0.0943. The van der Waals surface area contributed by atoms with Crippen molar-refractivity contribution in [1.29, 1.82) is 0 Å². The lowest BCUT2D eigenvalue weighted by atomic mass is 10.1. The third-order valence-corrected chi connectivity index (χ3v) is 3.80. The van der Waals surface area contributed by atoms with E-state index in [0.29, 0.717) is 24.4 Å².